The fourth-order valence-corrected chi connectivity index (χ4v) is 2.94. The molecule has 0 unspecified atom stereocenters. The van der Waals surface area contributed by atoms with Crippen molar-refractivity contribution in [2.75, 3.05) is 19.0 Å². The Morgan fingerprint density at radius 2 is 1.55 bits per heavy atom. The van der Waals surface area contributed by atoms with Crippen LogP contribution in [-0.2, 0) is 15.7 Å². The molecule has 1 N–H and O–H groups in total. The molecule has 3 aromatic carbocycles. The third kappa shape index (κ3) is 5.97. The lowest BCUT2D eigenvalue weighted by Crippen LogP contribution is -2.22. The monoisotopic (exact) mass is 457 g/mol. The highest BCUT2D eigenvalue weighted by molar-refractivity contribution is 6.14. The zero-order chi connectivity index (χ0) is 24.0. The van der Waals surface area contributed by atoms with E-state index in [1.54, 1.807) is 30.3 Å². The van der Waals surface area contributed by atoms with Crippen molar-refractivity contribution in [2.24, 2.45) is 0 Å². The Balaban J connectivity index is 1.67. The largest absolute Gasteiger partial charge is 0.497 e. The van der Waals surface area contributed by atoms with Crippen LogP contribution in [0.1, 0.15) is 31.8 Å². The first-order valence-electron chi connectivity index (χ1n) is 9.61. The minimum absolute atomic E-state index is 0.0508. The average molecular weight is 457 g/mol. The number of halogens is 3. The fraction of sp³-hybridized carbons (Fsp3) is 0.125. The fourth-order valence-electron chi connectivity index (χ4n) is 2.94. The number of ether oxygens (including phenoxy) is 2. The van der Waals surface area contributed by atoms with Gasteiger partial charge in [-0.2, -0.15) is 13.2 Å². The summed E-state index contributed by atoms with van der Waals surface area (Å²) >= 11 is 0. The lowest BCUT2D eigenvalue weighted by Gasteiger charge is -2.11. The first-order chi connectivity index (χ1) is 15.7. The zero-order valence-electron chi connectivity index (χ0n) is 17.3. The molecule has 0 aliphatic heterocycles. The Morgan fingerprint density at radius 3 is 2.18 bits per heavy atom. The molecular weight excluding hydrogens is 439 g/mol. The number of rotatable bonds is 7. The number of nitrogens with one attached hydrogen (secondary N) is 1. The Hall–Kier alpha value is -4.14. The average Bonchev–Trinajstić information content (AvgIpc) is 2.82. The summed E-state index contributed by atoms with van der Waals surface area (Å²) in [6.07, 6.45) is -4.56. The number of alkyl halides is 3. The van der Waals surface area contributed by atoms with Crippen molar-refractivity contribution >= 4 is 23.3 Å². The van der Waals surface area contributed by atoms with Crippen LogP contribution in [0, 0.1) is 0 Å². The van der Waals surface area contributed by atoms with Gasteiger partial charge >= 0.3 is 12.1 Å². The molecule has 0 heterocycles. The van der Waals surface area contributed by atoms with Crippen molar-refractivity contribution in [1.82, 2.24) is 0 Å². The number of amides is 1. The van der Waals surface area contributed by atoms with Gasteiger partial charge in [0.05, 0.1) is 18.2 Å². The molecule has 9 heteroatoms. The van der Waals surface area contributed by atoms with Crippen LogP contribution in [0.15, 0.2) is 72.8 Å². The molecule has 3 rings (SSSR count). The van der Waals surface area contributed by atoms with E-state index in [9.17, 15) is 27.6 Å². The van der Waals surface area contributed by atoms with Gasteiger partial charge in [0.25, 0.3) is 5.91 Å². The maximum atomic E-state index is 12.8. The Morgan fingerprint density at radius 1 is 0.879 bits per heavy atom. The van der Waals surface area contributed by atoms with E-state index in [0.717, 1.165) is 18.2 Å². The van der Waals surface area contributed by atoms with Crippen LogP contribution >= 0.6 is 0 Å². The van der Waals surface area contributed by atoms with Gasteiger partial charge in [0.1, 0.15) is 5.75 Å². The van der Waals surface area contributed by atoms with Gasteiger partial charge in [0.15, 0.2) is 12.4 Å². The van der Waals surface area contributed by atoms with Crippen molar-refractivity contribution in [3.05, 3.63) is 95.1 Å². The van der Waals surface area contributed by atoms with Crippen molar-refractivity contribution in [1.29, 1.82) is 0 Å². The number of carbonyl (C=O) groups is 3. The molecule has 6 nitrogen and oxygen atoms in total. The van der Waals surface area contributed by atoms with E-state index in [-0.39, 0.29) is 16.8 Å². The van der Waals surface area contributed by atoms with E-state index in [4.69, 9.17) is 9.47 Å². The number of anilines is 1. The minimum atomic E-state index is -4.56. The second-order valence-electron chi connectivity index (χ2n) is 6.81. The summed E-state index contributed by atoms with van der Waals surface area (Å²) in [5, 5.41) is 2.24. The van der Waals surface area contributed by atoms with Gasteiger partial charge in [-0.3, -0.25) is 9.59 Å². The first kappa shape index (κ1) is 23.5. The summed E-state index contributed by atoms with van der Waals surface area (Å²) < 4.78 is 48.4. The molecule has 0 aliphatic carbocycles. The molecule has 170 valence electrons. The van der Waals surface area contributed by atoms with Crippen molar-refractivity contribution < 1.29 is 37.0 Å². The molecular formula is C24H18F3NO5. The normalized spacial score (nSPS) is 10.9. The van der Waals surface area contributed by atoms with Crippen molar-refractivity contribution in [3.8, 4) is 5.75 Å². The van der Waals surface area contributed by atoms with Crippen molar-refractivity contribution in [2.45, 2.75) is 6.18 Å². The number of carbonyl (C=O) groups excluding carboxylic acids is 3. The number of hydrogen-bond donors (Lipinski definition) is 1. The third-order valence-corrected chi connectivity index (χ3v) is 4.55. The summed E-state index contributed by atoms with van der Waals surface area (Å²) in [6.45, 7) is -0.750. The van der Waals surface area contributed by atoms with Gasteiger partial charge in [-0.15, -0.1) is 0 Å². The minimum Gasteiger partial charge on any atom is -0.497 e. The molecule has 0 spiro atoms. The van der Waals surface area contributed by atoms with Crippen LogP contribution in [0.2, 0.25) is 0 Å². The lowest BCUT2D eigenvalue weighted by molar-refractivity contribution is -0.137. The molecule has 0 radical (unpaired) electrons. The Kier molecular flexibility index (Phi) is 7.12. The Labute approximate surface area is 186 Å². The highest BCUT2D eigenvalue weighted by Gasteiger charge is 2.30. The summed E-state index contributed by atoms with van der Waals surface area (Å²) in [4.78, 5) is 37.4. The smallest absolute Gasteiger partial charge is 0.416 e. The summed E-state index contributed by atoms with van der Waals surface area (Å²) in [5.74, 6) is -1.63. The van der Waals surface area contributed by atoms with Crippen LogP contribution < -0.4 is 10.1 Å². The quantitative estimate of drug-likeness (QED) is 0.409. The van der Waals surface area contributed by atoms with E-state index >= 15 is 0 Å². The molecule has 0 fully saturated rings. The highest BCUT2D eigenvalue weighted by Crippen LogP contribution is 2.30. The molecule has 0 atom stereocenters. The van der Waals surface area contributed by atoms with E-state index in [2.05, 4.69) is 5.32 Å². The zero-order valence-corrected chi connectivity index (χ0v) is 17.3. The Bertz CT molecular complexity index is 1170. The van der Waals surface area contributed by atoms with Crippen LogP contribution in [0.25, 0.3) is 0 Å². The maximum Gasteiger partial charge on any atom is 0.416 e. The first-order valence-corrected chi connectivity index (χ1v) is 9.61. The van der Waals surface area contributed by atoms with Gasteiger partial charge in [-0.25, -0.2) is 4.79 Å². The van der Waals surface area contributed by atoms with E-state index in [1.807, 2.05) is 0 Å². The van der Waals surface area contributed by atoms with Crippen LogP contribution in [0.5, 0.6) is 5.75 Å². The van der Waals surface area contributed by atoms with Gasteiger partial charge in [-0.05, 0) is 48.5 Å². The van der Waals surface area contributed by atoms with Gasteiger partial charge in [0, 0.05) is 16.8 Å². The van der Waals surface area contributed by atoms with Gasteiger partial charge < -0.3 is 14.8 Å². The molecule has 33 heavy (non-hydrogen) atoms. The number of methoxy groups -OCH3 is 1. The van der Waals surface area contributed by atoms with E-state index in [1.165, 1.54) is 31.4 Å². The molecule has 0 aromatic heterocycles. The molecule has 0 aliphatic rings. The topological polar surface area (TPSA) is 81.7 Å². The summed E-state index contributed by atoms with van der Waals surface area (Å²) in [6, 6.07) is 16.3. The summed E-state index contributed by atoms with van der Waals surface area (Å²) in [5.41, 5.74) is -0.682. The van der Waals surface area contributed by atoms with E-state index in [0.29, 0.717) is 11.3 Å². The standard InChI is InChI=1S/C24H18F3NO5/c1-32-18-11-9-15(10-12-18)22(30)19-7-2-3-8-20(19)23(31)33-14-21(29)28-17-6-4-5-16(13-17)24(25,26)27/h2-13H,14H2,1H3,(H,28,29). The maximum absolute atomic E-state index is 12.8. The lowest BCUT2D eigenvalue weighted by atomic mass is 9.98. The number of hydrogen-bond acceptors (Lipinski definition) is 5. The van der Waals surface area contributed by atoms with Crippen LogP contribution in [0.4, 0.5) is 18.9 Å². The molecule has 3 aromatic rings. The number of esters is 1. The number of benzene rings is 3. The predicted molar refractivity (Wildman–Crippen MR) is 113 cm³/mol. The molecule has 0 saturated carbocycles. The van der Waals surface area contributed by atoms with E-state index < -0.39 is 36.0 Å². The third-order valence-electron chi connectivity index (χ3n) is 4.55. The van der Waals surface area contributed by atoms with Crippen LogP contribution in [0.3, 0.4) is 0 Å². The van der Waals surface area contributed by atoms with Crippen LogP contribution in [-0.4, -0.2) is 31.4 Å². The van der Waals surface area contributed by atoms with Gasteiger partial charge in [0.2, 0.25) is 0 Å². The molecule has 0 bridgehead atoms. The summed E-state index contributed by atoms with van der Waals surface area (Å²) in [7, 11) is 1.49. The molecule has 1 amide bonds. The second-order valence-corrected chi connectivity index (χ2v) is 6.81. The highest BCUT2D eigenvalue weighted by atomic mass is 19.4. The number of ketones is 1. The predicted octanol–water partition coefficient (Wildman–Crippen LogP) is 4.74. The SMILES string of the molecule is COc1ccc(C(=O)c2ccccc2C(=O)OCC(=O)Nc2cccc(C(F)(F)F)c2)cc1. The van der Waals surface area contributed by atoms with Gasteiger partial charge in [-0.1, -0.05) is 24.3 Å². The van der Waals surface area contributed by atoms with Crippen molar-refractivity contribution in [3.63, 3.8) is 0 Å². The molecule has 0 saturated heterocycles. The second kappa shape index (κ2) is 9.99.